The van der Waals surface area contributed by atoms with Crippen LogP contribution in [0.3, 0.4) is 0 Å². The summed E-state index contributed by atoms with van der Waals surface area (Å²) in [5.74, 6) is -1.65. The van der Waals surface area contributed by atoms with Crippen LogP contribution in [0.5, 0.6) is 0 Å². The molecule has 0 spiro atoms. The second-order valence-corrected chi connectivity index (χ2v) is 5.34. The van der Waals surface area contributed by atoms with Gasteiger partial charge in [-0.25, -0.2) is 14.6 Å². The molecule has 8 nitrogen and oxygen atoms in total. The highest BCUT2D eigenvalue weighted by atomic mass is 35.5. The summed E-state index contributed by atoms with van der Waals surface area (Å²) in [7, 11) is 1.29. The number of rotatable bonds is 4. The summed E-state index contributed by atoms with van der Waals surface area (Å²) in [6.45, 7) is 0. The lowest BCUT2D eigenvalue weighted by Crippen LogP contribution is -1.99. The molecule has 25 heavy (non-hydrogen) atoms. The van der Waals surface area contributed by atoms with Gasteiger partial charge in [-0.3, -0.25) is 4.40 Å². The fourth-order valence-corrected chi connectivity index (χ4v) is 2.29. The number of hydrogen-bond donors (Lipinski definition) is 1. The van der Waals surface area contributed by atoms with Crippen LogP contribution in [-0.2, 0) is 4.74 Å². The number of carboxylic acid groups (broad SMARTS) is 1. The maximum absolute atomic E-state index is 11.4. The number of methoxy groups -OCH3 is 1. The summed E-state index contributed by atoms with van der Waals surface area (Å²) in [6, 6.07) is 9.37. The van der Waals surface area contributed by atoms with Crippen molar-refractivity contribution < 1.29 is 19.4 Å². The zero-order valence-electron chi connectivity index (χ0n) is 12.9. The number of benzene rings is 1. The van der Waals surface area contributed by atoms with E-state index in [1.165, 1.54) is 29.8 Å². The van der Waals surface area contributed by atoms with E-state index in [0.29, 0.717) is 21.9 Å². The molecule has 0 unspecified atom stereocenters. The molecule has 0 aliphatic heterocycles. The Kier molecular flexibility index (Phi) is 4.44. The average Bonchev–Trinajstić information content (AvgIpc) is 2.97. The predicted molar refractivity (Wildman–Crippen MR) is 89.1 cm³/mol. The summed E-state index contributed by atoms with van der Waals surface area (Å²) in [6.07, 6.45) is 1.50. The van der Waals surface area contributed by atoms with Gasteiger partial charge in [0, 0.05) is 6.20 Å². The molecule has 9 heteroatoms. The number of aromatic nitrogens is 2. The van der Waals surface area contributed by atoms with Crippen LogP contribution in [0.2, 0.25) is 5.02 Å². The van der Waals surface area contributed by atoms with E-state index in [1.807, 2.05) is 0 Å². The number of halogens is 1. The Hall–Kier alpha value is -3.26. The number of esters is 1. The number of imidazole rings is 1. The smallest absolute Gasteiger partial charge is 0.358 e. The van der Waals surface area contributed by atoms with Gasteiger partial charge in [-0.15, -0.1) is 10.2 Å². The van der Waals surface area contributed by atoms with Gasteiger partial charge in [0.05, 0.1) is 23.4 Å². The van der Waals surface area contributed by atoms with E-state index < -0.39 is 11.9 Å². The van der Waals surface area contributed by atoms with Crippen molar-refractivity contribution in [2.75, 3.05) is 7.11 Å². The largest absolute Gasteiger partial charge is 0.476 e. The normalized spacial score (nSPS) is 11.1. The third-order valence-corrected chi connectivity index (χ3v) is 3.53. The van der Waals surface area contributed by atoms with Gasteiger partial charge in [-0.05, 0) is 36.4 Å². The topological polar surface area (TPSA) is 106 Å². The molecule has 1 aromatic carbocycles. The average molecular weight is 359 g/mol. The number of carbonyl (C=O) groups is 2. The second kappa shape index (κ2) is 6.70. The maximum atomic E-state index is 11.4. The minimum atomic E-state index is -1.23. The van der Waals surface area contributed by atoms with Gasteiger partial charge >= 0.3 is 11.9 Å². The van der Waals surface area contributed by atoms with Crippen molar-refractivity contribution in [2.45, 2.75) is 0 Å². The van der Waals surface area contributed by atoms with E-state index in [0.717, 1.165) is 0 Å². The lowest BCUT2D eigenvalue weighted by molar-refractivity contribution is 0.0599. The third-order valence-electron chi connectivity index (χ3n) is 3.31. The van der Waals surface area contributed by atoms with Crippen LogP contribution < -0.4 is 0 Å². The van der Waals surface area contributed by atoms with E-state index in [-0.39, 0.29) is 11.5 Å². The van der Waals surface area contributed by atoms with Gasteiger partial charge in [0.15, 0.2) is 11.5 Å². The van der Waals surface area contributed by atoms with Crippen molar-refractivity contribution in [2.24, 2.45) is 10.2 Å². The van der Waals surface area contributed by atoms with Crippen LogP contribution in [-0.4, -0.2) is 33.5 Å². The third kappa shape index (κ3) is 3.33. The fraction of sp³-hybridized carbons (Fsp3) is 0.0625. The Bertz CT molecular complexity index is 995. The molecule has 2 aromatic heterocycles. The van der Waals surface area contributed by atoms with Crippen molar-refractivity contribution in [3.05, 3.63) is 58.9 Å². The number of carboxylic acids is 1. The molecule has 0 aliphatic rings. The Labute approximate surface area is 146 Å². The Morgan fingerprint density at radius 3 is 2.52 bits per heavy atom. The first-order valence-corrected chi connectivity index (χ1v) is 7.38. The lowest BCUT2D eigenvalue weighted by Gasteiger charge is -1.99. The second-order valence-electron chi connectivity index (χ2n) is 4.90. The molecule has 3 rings (SSSR count). The van der Waals surface area contributed by atoms with E-state index in [1.54, 1.807) is 24.3 Å². The van der Waals surface area contributed by atoms with Crippen molar-refractivity contribution in [3.8, 4) is 0 Å². The standard InChI is InChI=1S/C16H11ClN4O4/c1-25-16(24)9-2-5-11(6-3-9)19-20-14-13(15(22)23)18-12-7-4-10(17)8-21(12)14/h2-8H,1H3,(H,22,23). The first-order valence-electron chi connectivity index (χ1n) is 7.00. The molecule has 0 bridgehead atoms. The van der Waals surface area contributed by atoms with Crippen LogP contribution in [0.25, 0.3) is 5.65 Å². The first kappa shape index (κ1) is 16.6. The summed E-state index contributed by atoms with van der Waals surface area (Å²) >= 11 is 5.95. The lowest BCUT2D eigenvalue weighted by atomic mass is 10.2. The highest BCUT2D eigenvalue weighted by Gasteiger charge is 2.18. The van der Waals surface area contributed by atoms with Crippen molar-refractivity contribution in [3.63, 3.8) is 0 Å². The van der Waals surface area contributed by atoms with Gasteiger partial charge in [0.1, 0.15) is 5.65 Å². The van der Waals surface area contributed by atoms with Crippen molar-refractivity contribution >= 4 is 40.7 Å². The fourth-order valence-electron chi connectivity index (χ4n) is 2.13. The summed E-state index contributed by atoms with van der Waals surface area (Å²) in [5, 5.41) is 17.7. The first-order chi connectivity index (χ1) is 12.0. The molecule has 0 fully saturated rings. The van der Waals surface area contributed by atoms with E-state index in [2.05, 4.69) is 19.9 Å². The molecule has 0 aliphatic carbocycles. The van der Waals surface area contributed by atoms with E-state index in [4.69, 9.17) is 11.6 Å². The molecule has 2 heterocycles. The van der Waals surface area contributed by atoms with Gasteiger partial charge < -0.3 is 9.84 Å². The van der Waals surface area contributed by atoms with E-state index >= 15 is 0 Å². The molecule has 126 valence electrons. The number of fused-ring (bicyclic) bond motifs is 1. The minimum absolute atomic E-state index is 0.0436. The molecule has 1 N–H and O–H groups in total. The maximum Gasteiger partial charge on any atom is 0.358 e. The Morgan fingerprint density at radius 1 is 1.16 bits per heavy atom. The molecular formula is C16H11ClN4O4. The quantitative estimate of drug-likeness (QED) is 0.562. The molecular weight excluding hydrogens is 348 g/mol. The number of azo groups is 1. The molecule has 0 atom stereocenters. The number of hydrogen-bond acceptors (Lipinski definition) is 6. The van der Waals surface area contributed by atoms with Crippen LogP contribution >= 0.6 is 11.6 Å². The van der Waals surface area contributed by atoms with E-state index in [9.17, 15) is 14.7 Å². The summed E-state index contributed by atoms with van der Waals surface area (Å²) < 4.78 is 6.06. The summed E-state index contributed by atoms with van der Waals surface area (Å²) in [4.78, 5) is 26.8. The number of ether oxygens (including phenoxy) is 1. The van der Waals surface area contributed by atoms with Crippen LogP contribution in [0, 0.1) is 0 Å². The zero-order valence-corrected chi connectivity index (χ0v) is 13.6. The summed E-state index contributed by atoms with van der Waals surface area (Å²) in [5.41, 5.74) is 0.948. The van der Waals surface area contributed by atoms with Gasteiger partial charge in [-0.1, -0.05) is 11.6 Å². The van der Waals surface area contributed by atoms with Crippen molar-refractivity contribution in [1.82, 2.24) is 9.38 Å². The van der Waals surface area contributed by atoms with Gasteiger partial charge in [0.25, 0.3) is 0 Å². The molecule has 0 saturated heterocycles. The minimum Gasteiger partial charge on any atom is -0.476 e. The van der Waals surface area contributed by atoms with Gasteiger partial charge in [-0.2, -0.15) is 0 Å². The van der Waals surface area contributed by atoms with Gasteiger partial charge in [0.2, 0.25) is 0 Å². The molecule has 0 amide bonds. The van der Waals surface area contributed by atoms with Crippen LogP contribution in [0.15, 0.2) is 52.8 Å². The number of carbonyl (C=O) groups excluding carboxylic acids is 1. The Balaban J connectivity index is 2.00. The van der Waals surface area contributed by atoms with Crippen LogP contribution in [0.4, 0.5) is 11.5 Å². The zero-order chi connectivity index (χ0) is 18.0. The molecule has 0 saturated carbocycles. The number of nitrogens with zero attached hydrogens (tertiary/aromatic N) is 4. The molecule has 0 radical (unpaired) electrons. The highest BCUT2D eigenvalue weighted by Crippen LogP contribution is 2.26. The monoisotopic (exact) mass is 358 g/mol. The van der Waals surface area contributed by atoms with Crippen LogP contribution in [0.1, 0.15) is 20.8 Å². The highest BCUT2D eigenvalue weighted by molar-refractivity contribution is 6.30. The van der Waals surface area contributed by atoms with Crippen molar-refractivity contribution in [1.29, 1.82) is 0 Å². The predicted octanol–water partition coefficient (Wildman–Crippen LogP) is 3.89. The molecule has 3 aromatic rings. The Morgan fingerprint density at radius 2 is 1.88 bits per heavy atom. The number of pyridine rings is 1. The SMILES string of the molecule is COC(=O)c1ccc(N=Nc2c(C(=O)O)nc3ccc(Cl)cn23)cc1. The number of aromatic carboxylic acids is 1.